The van der Waals surface area contributed by atoms with E-state index in [0.29, 0.717) is 11.4 Å². The summed E-state index contributed by atoms with van der Waals surface area (Å²) in [5, 5.41) is 5.36. The van der Waals surface area contributed by atoms with Gasteiger partial charge in [0, 0.05) is 11.4 Å². The number of carbonyl (C=O) groups is 2. The van der Waals surface area contributed by atoms with Gasteiger partial charge < -0.3 is 15.4 Å². The fourth-order valence-electron chi connectivity index (χ4n) is 2.77. The quantitative estimate of drug-likeness (QED) is 0.451. The van der Waals surface area contributed by atoms with Crippen LogP contribution in [0, 0.1) is 0 Å². The van der Waals surface area contributed by atoms with E-state index in [1.807, 2.05) is 54.6 Å². The zero-order valence-electron chi connectivity index (χ0n) is 17.6. The summed E-state index contributed by atoms with van der Waals surface area (Å²) in [5.74, 6) is 1.37. The Balaban J connectivity index is 1.43. The number of anilines is 2. The monoisotopic (exact) mass is 434 g/mol. The van der Waals surface area contributed by atoms with Crippen molar-refractivity contribution in [1.82, 2.24) is 0 Å². The average Bonchev–Trinajstić information content (AvgIpc) is 2.80. The second kappa shape index (κ2) is 11.2. The van der Waals surface area contributed by atoms with Crippen LogP contribution in [0.3, 0.4) is 0 Å². The second-order valence-electron chi connectivity index (χ2n) is 6.98. The number of ether oxygens (including phenoxy) is 1. The molecule has 0 aliphatic rings. The third kappa shape index (κ3) is 7.19. The van der Waals surface area contributed by atoms with Gasteiger partial charge in [-0.3, -0.25) is 9.59 Å². The number of hydrogen-bond acceptors (Lipinski definition) is 4. The number of nitrogens with one attached hydrogen (secondary N) is 2. The summed E-state index contributed by atoms with van der Waals surface area (Å²) in [6, 6.07) is 24.5. The third-order valence-electron chi connectivity index (χ3n) is 4.58. The number of aryl methyl sites for hydroxylation is 1. The molecule has 1 atom stereocenters. The topological polar surface area (TPSA) is 67.4 Å². The molecule has 31 heavy (non-hydrogen) atoms. The number of benzene rings is 3. The van der Waals surface area contributed by atoms with Crippen LogP contribution in [0.4, 0.5) is 11.4 Å². The first-order chi connectivity index (χ1) is 15.0. The predicted octanol–water partition coefficient (Wildman–Crippen LogP) is 5.74. The van der Waals surface area contributed by atoms with Gasteiger partial charge in [-0.25, -0.2) is 0 Å². The summed E-state index contributed by atoms with van der Waals surface area (Å²) in [6.07, 6.45) is 0.958. The number of amides is 2. The molecule has 2 N–H and O–H groups in total. The molecule has 0 aliphatic heterocycles. The molecule has 0 heterocycles. The molecule has 1 unspecified atom stereocenters. The first-order valence-corrected chi connectivity index (χ1v) is 11.2. The lowest BCUT2D eigenvalue weighted by Crippen LogP contribution is -2.25. The molecule has 0 bridgehead atoms. The van der Waals surface area contributed by atoms with Gasteiger partial charge in [-0.1, -0.05) is 37.3 Å². The number of carbonyl (C=O) groups excluding carboxylic acids is 2. The minimum atomic E-state index is -0.367. The Morgan fingerprint density at radius 3 is 2.06 bits per heavy atom. The van der Waals surface area contributed by atoms with E-state index in [1.165, 1.54) is 17.3 Å². The van der Waals surface area contributed by atoms with Crippen molar-refractivity contribution in [3.8, 4) is 11.5 Å². The largest absolute Gasteiger partial charge is 0.457 e. The summed E-state index contributed by atoms with van der Waals surface area (Å²) in [6.45, 7) is 3.87. The summed E-state index contributed by atoms with van der Waals surface area (Å²) in [7, 11) is 0. The summed E-state index contributed by atoms with van der Waals surface area (Å²) < 4.78 is 5.75. The van der Waals surface area contributed by atoms with Crippen LogP contribution in [0.2, 0.25) is 0 Å². The molecule has 0 fully saturated rings. The Bertz CT molecular complexity index is 990. The van der Waals surface area contributed by atoms with Gasteiger partial charge in [-0.05, 0) is 67.4 Å². The average molecular weight is 435 g/mol. The standard InChI is InChI=1S/C25H26N2O3S/c1-3-19-9-11-20(12-10-19)26-24(28)17-31-18(2)25(29)27-21-13-15-23(16-14-21)30-22-7-5-4-6-8-22/h4-16,18H,3,17H2,1-2H3,(H,26,28)(H,27,29). The van der Waals surface area contributed by atoms with E-state index in [0.717, 1.165) is 17.9 Å². The van der Waals surface area contributed by atoms with Crippen molar-refractivity contribution in [2.75, 3.05) is 16.4 Å². The van der Waals surface area contributed by atoms with E-state index in [2.05, 4.69) is 17.6 Å². The van der Waals surface area contributed by atoms with Crippen LogP contribution >= 0.6 is 11.8 Å². The molecule has 6 heteroatoms. The van der Waals surface area contributed by atoms with Crippen LogP contribution in [0.25, 0.3) is 0 Å². The van der Waals surface area contributed by atoms with E-state index >= 15 is 0 Å². The normalized spacial score (nSPS) is 11.4. The van der Waals surface area contributed by atoms with Crippen molar-refractivity contribution < 1.29 is 14.3 Å². The molecule has 160 valence electrons. The maximum Gasteiger partial charge on any atom is 0.237 e. The van der Waals surface area contributed by atoms with Crippen LogP contribution in [-0.2, 0) is 16.0 Å². The molecule has 0 spiro atoms. The van der Waals surface area contributed by atoms with Gasteiger partial charge in [0.05, 0.1) is 11.0 Å². The Labute approximate surface area is 187 Å². The number of para-hydroxylation sites is 1. The summed E-state index contributed by atoms with van der Waals surface area (Å²) >= 11 is 1.29. The van der Waals surface area contributed by atoms with Crippen molar-refractivity contribution in [2.24, 2.45) is 0 Å². The van der Waals surface area contributed by atoms with E-state index < -0.39 is 0 Å². The van der Waals surface area contributed by atoms with Gasteiger partial charge >= 0.3 is 0 Å². The highest BCUT2D eigenvalue weighted by atomic mass is 32.2. The highest BCUT2D eigenvalue weighted by molar-refractivity contribution is 8.01. The molecule has 0 saturated heterocycles. The van der Waals surface area contributed by atoms with Crippen LogP contribution in [0.15, 0.2) is 78.9 Å². The molecule has 3 aromatic carbocycles. The van der Waals surface area contributed by atoms with Gasteiger partial charge in [0.15, 0.2) is 0 Å². The number of hydrogen-bond donors (Lipinski definition) is 2. The van der Waals surface area contributed by atoms with Crippen LogP contribution in [-0.4, -0.2) is 22.8 Å². The number of thioether (sulfide) groups is 1. The Morgan fingerprint density at radius 2 is 1.42 bits per heavy atom. The van der Waals surface area contributed by atoms with Crippen molar-refractivity contribution in [3.63, 3.8) is 0 Å². The third-order valence-corrected chi connectivity index (χ3v) is 5.72. The van der Waals surface area contributed by atoms with Crippen molar-refractivity contribution in [2.45, 2.75) is 25.5 Å². The lowest BCUT2D eigenvalue weighted by Gasteiger charge is -2.13. The minimum Gasteiger partial charge on any atom is -0.457 e. The molecular formula is C25H26N2O3S. The predicted molar refractivity (Wildman–Crippen MR) is 128 cm³/mol. The molecule has 0 radical (unpaired) electrons. The van der Waals surface area contributed by atoms with Crippen LogP contribution in [0.5, 0.6) is 11.5 Å². The van der Waals surface area contributed by atoms with E-state index in [-0.39, 0.29) is 22.8 Å². The first kappa shape index (κ1) is 22.4. The zero-order chi connectivity index (χ0) is 22.1. The molecule has 0 aliphatic carbocycles. The fraction of sp³-hybridized carbons (Fsp3) is 0.200. The van der Waals surface area contributed by atoms with E-state index in [1.54, 1.807) is 31.2 Å². The van der Waals surface area contributed by atoms with Crippen molar-refractivity contribution in [1.29, 1.82) is 0 Å². The minimum absolute atomic E-state index is 0.128. The first-order valence-electron chi connectivity index (χ1n) is 10.2. The lowest BCUT2D eigenvalue weighted by atomic mass is 10.1. The molecule has 3 aromatic rings. The van der Waals surface area contributed by atoms with E-state index in [4.69, 9.17) is 4.74 Å². The zero-order valence-corrected chi connectivity index (χ0v) is 18.4. The molecular weight excluding hydrogens is 408 g/mol. The maximum absolute atomic E-state index is 12.4. The fourth-order valence-corrected chi connectivity index (χ4v) is 3.46. The summed E-state index contributed by atoms with van der Waals surface area (Å²) in [4.78, 5) is 24.6. The van der Waals surface area contributed by atoms with Gasteiger partial charge in [0.1, 0.15) is 11.5 Å². The van der Waals surface area contributed by atoms with Crippen molar-refractivity contribution in [3.05, 3.63) is 84.4 Å². The highest BCUT2D eigenvalue weighted by Gasteiger charge is 2.15. The summed E-state index contributed by atoms with van der Waals surface area (Å²) in [5.41, 5.74) is 2.66. The number of rotatable bonds is 9. The van der Waals surface area contributed by atoms with Gasteiger partial charge in [0.25, 0.3) is 0 Å². The maximum atomic E-state index is 12.4. The molecule has 0 aromatic heterocycles. The van der Waals surface area contributed by atoms with Gasteiger partial charge in [-0.15, -0.1) is 11.8 Å². The van der Waals surface area contributed by atoms with E-state index in [9.17, 15) is 9.59 Å². The molecule has 3 rings (SSSR count). The van der Waals surface area contributed by atoms with Gasteiger partial charge in [-0.2, -0.15) is 0 Å². The Kier molecular flexibility index (Phi) is 8.12. The molecule has 2 amide bonds. The molecule has 5 nitrogen and oxygen atoms in total. The smallest absolute Gasteiger partial charge is 0.237 e. The van der Waals surface area contributed by atoms with Crippen LogP contribution < -0.4 is 15.4 Å². The highest BCUT2D eigenvalue weighted by Crippen LogP contribution is 2.23. The van der Waals surface area contributed by atoms with Crippen LogP contribution in [0.1, 0.15) is 19.4 Å². The van der Waals surface area contributed by atoms with Crippen molar-refractivity contribution >= 4 is 35.0 Å². The second-order valence-corrected chi connectivity index (χ2v) is 8.31. The SMILES string of the molecule is CCc1ccc(NC(=O)CSC(C)C(=O)Nc2ccc(Oc3ccccc3)cc2)cc1. The molecule has 0 saturated carbocycles. The lowest BCUT2D eigenvalue weighted by molar-refractivity contribution is -0.115. The Hall–Kier alpha value is -3.25. The van der Waals surface area contributed by atoms with Gasteiger partial charge in [0.2, 0.25) is 11.8 Å². The Morgan fingerprint density at radius 1 is 0.839 bits per heavy atom.